The Morgan fingerprint density at radius 1 is 1.23 bits per heavy atom. The van der Waals surface area contributed by atoms with Gasteiger partial charge in [-0.15, -0.1) is 0 Å². The molecule has 1 N–H and O–H groups in total. The van der Waals surface area contributed by atoms with Gasteiger partial charge in [0.1, 0.15) is 6.10 Å². The molecule has 1 unspecified atom stereocenters. The summed E-state index contributed by atoms with van der Waals surface area (Å²) in [7, 11) is 4.01. The van der Waals surface area contributed by atoms with Crippen molar-refractivity contribution in [2.24, 2.45) is 0 Å². The van der Waals surface area contributed by atoms with Gasteiger partial charge >= 0.3 is 0 Å². The fraction of sp³-hybridized carbons (Fsp3) is 0.684. The molecule has 2 aliphatic rings. The van der Waals surface area contributed by atoms with Crippen LogP contribution in [-0.4, -0.2) is 34.0 Å². The molecule has 2 heterocycles. The van der Waals surface area contributed by atoms with Crippen LogP contribution in [0.3, 0.4) is 0 Å². The SMILES string of the molecule is O=C(CCCCC1CCSS1)NC1CCC(Oc2ccc(Cl)cn2)CC1. The highest BCUT2D eigenvalue weighted by molar-refractivity contribution is 8.77. The average molecular weight is 415 g/mol. The standard InChI is InChI=1S/C19H27ClN2O2S2/c20-14-5-10-19(21-13-14)24-16-8-6-15(7-9-16)22-18(23)4-2-1-3-17-11-12-25-26-17/h5,10,13,15-17H,1-4,6-9,11-12H2,(H,22,23). The molecule has 1 aliphatic carbocycles. The summed E-state index contributed by atoms with van der Waals surface area (Å²) in [6, 6.07) is 3.89. The summed E-state index contributed by atoms with van der Waals surface area (Å²) in [5, 5.41) is 4.63. The number of nitrogens with zero attached hydrogens (tertiary/aromatic N) is 1. The van der Waals surface area contributed by atoms with E-state index >= 15 is 0 Å². The highest BCUT2D eigenvalue weighted by Crippen LogP contribution is 2.39. The molecule has 1 saturated carbocycles. The molecule has 2 fully saturated rings. The topological polar surface area (TPSA) is 51.2 Å². The minimum Gasteiger partial charge on any atom is -0.474 e. The van der Waals surface area contributed by atoms with Gasteiger partial charge in [-0.3, -0.25) is 4.79 Å². The summed E-state index contributed by atoms with van der Waals surface area (Å²) < 4.78 is 5.91. The summed E-state index contributed by atoms with van der Waals surface area (Å²) in [5.74, 6) is 2.12. The van der Waals surface area contributed by atoms with E-state index in [-0.39, 0.29) is 12.0 Å². The van der Waals surface area contributed by atoms with Gasteiger partial charge in [-0.25, -0.2) is 4.98 Å². The van der Waals surface area contributed by atoms with Gasteiger partial charge in [-0.2, -0.15) is 0 Å². The first-order valence-electron chi connectivity index (χ1n) is 9.55. The Bertz CT molecular complexity index is 559. The lowest BCUT2D eigenvalue weighted by Crippen LogP contribution is -2.39. The minimum atomic E-state index is 0.179. The molecule has 7 heteroatoms. The molecule has 3 rings (SSSR count). The summed E-state index contributed by atoms with van der Waals surface area (Å²) in [5.41, 5.74) is 0. The summed E-state index contributed by atoms with van der Waals surface area (Å²) in [6.45, 7) is 0. The second-order valence-corrected chi connectivity index (χ2v) is 10.3. The van der Waals surface area contributed by atoms with Gasteiger partial charge in [0.2, 0.25) is 11.8 Å². The van der Waals surface area contributed by atoms with Crippen LogP contribution in [0.25, 0.3) is 0 Å². The van der Waals surface area contributed by atoms with Crippen molar-refractivity contribution in [3.8, 4) is 5.88 Å². The van der Waals surface area contributed by atoms with Crippen molar-refractivity contribution in [1.29, 1.82) is 0 Å². The van der Waals surface area contributed by atoms with Crippen LogP contribution in [0.2, 0.25) is 5.02 Å². The number of unbranched alkanes of at least 4 members (excludes halogenated alkanes) is 1. The van der Waals surface area contributed by atoms with E-state index in [0.717, 1.165) is 37.4 Å². The summed E-state index contributed by atoms with van der Waals surface area (Å²) in [4.78, 5) is 16.3. The van der Waals surface area contributed by atoms with Gasteiger partial charge in [0.15, 0.2) is 0 Å². The summed E-state index contributed by atoms with van der Waals surface area (Å²) >= 11 is 5.84. The Morgan fingerprint density at radius 3 is 2.77 bits per heavy atom. The van der Waals surface area contributed by atoms with Crippen molar-refractivity contribution in [3.63, 3.8) is 0 Å². The van der Waals surface area contributed by atoms with Crippen LogP contribution in [0, 0.1) is 0 Å². The predicted octanol–water partition coefficient (Wildman–Crippen LogP) is 5.26. The molecular weight excluding hydrogens is 388 g/mol. The van der Waals surface area contributed by atoms with E-state index in [4.69, 9.17) is 16.3 Å². The zero-order valence-corrected chi connectivity index (χ0v) is 17.4. The second-order valence-electron chi connectivity index (χ2n) is 7.05. The van der Waals surface area contributed by atoms with E-state index in [9.17, 15) is 4.79 Å². The molecule has 0 radical (unpaired) electrons. The zero-order chi connectivity index (χ0) is 18.2. The number of hydrogen-bond acceptors (Lipinski definition) is 5. The predicted molar refractivity (Wildman–Crippen MR) is 111 cm³/mol. The zero-order valence-electron chi connectivity index (χ0n) is 15.0. The van der Waals surface area contributed by atoms with Crippen molar-refractivity contribution >= 4 is 39.1 Å². The molecule has 1 atom stereocenters. The van der Waals surface area contributed by atoms with E-state index in [1.807, 2.05) is 21.6 Å². The molecular formula is C19H27ClN2O2S2. The van der Waals surface area contributed by atoms with Gasteiger partial charge in [-0.1, -0.05) is 39.6 Å². The van der Waals surface area contributed by atoms with Crippen LogP contribution in [0.15, 0.2) is 18.3 Å². The van der Waals surface area contributed by atoms with Crippen molar-refractivity contribution < 1.29 is 9.53 Å². The molecule has 1 aromatic heterocycles. The first-order chi connectivity index (χ1) is 12.7. The maximum atomic E-state index is 12.1. The number of hydrogen-bond donors (Lipinski definition) is 1. The Labute approximate surface area is 169 Å². The number of aromatic nitrogens is 1. The number of carbonyl (C=O) groups excluding carboxylic acids is 1. The van der Waals surface area contributed by atoms with E-state index < -0.39 is 0 Å². The Hall–Kier alpha value is -0.590. The lowest BCUT2D eigenvalue weighted by atomic mass is 9.93. The van der Waals surface area contributed by atoms with Gasteiger partial charge in [0.05, 0.1) is 5.02 Å². The molecule has 1 aromatic rings. The van der Waals surface area contributed by atoms with Gasteiger partial charge in [0, 0.05) is 35.7 Å². The number of ether oxygens (including phenoxy) is 1. The Balaban J connectivity index is 1.27. The number of rotatable bonds is 8. The lowest BCUT2D eigenvalue weighted by Gasteiger charge is -2.29. The fourth-order valence-corrected chi connectivity index (χ4v) is 6.59. The molecule has 0 bridgehead atoms. The van der Waals surface area contributed by atoms with Crippen LogP contribution >= 0.6 is 33.2 Å². The van der Waals surface area contributed by atoms with Crippen LogP contribution in [0.5, 0.6) is 5.88 Å². The van der Waals surface area contributed by atoms with Gasteiger partial charge in [-0.05, 0) is 51.0 Å². The smallest absolute Gasteiger partial charge is 0.220 e. The van der Waals surface area contributed by atoms with Crippen LogP contribution in [0.1, 0.15) is 57.8 Å². The highest BCUT2D eigenvalue weighted by Gasteiger charge is 2.24. The van der Waals surface area contributed by atoms with E-state index in [1.54, 1.807) is 18.3 Å². The number of halogens is 1. The van der Waals surface area contributed by atoms with Crippen LogP contribution < -0.4 is 10.1 Å². The number of amides is 1. The first kappa shape index (κ1) is 20.2. The summed E-state index contributed by atoms with van der Waals surface area (Å²) in [6.07, 6.45) is 11.1. The second kappa shape index (κ2) is 10.7. The molecule has 0 aromatic carbocycles. The molecule has 26 heavy (non-hydrogen) atoms. The molecule has 0 spiro atoms. The largest absolute Gasteiger partial charge is 0.474 e. The Kier molecular flexibility index (Phi) is 8.27. The maximum Gasteiger partial charge on any atom is 0.220 e. The molecule has 1 amide bonds. The number of nitrogens with one attached hydrogen (secondary N) is 1. The third kappa shape index (κ3) is 6.86. The molecule has 4 nitrogen and oxygen atoms in total. The van der Waals surface area contributed by atoms with Crippen LogP contribution in [0.4, 0.5) is 0 Å². The maximum absolute atomic E-state index is 12.1. The quantitative estimate of drug-likeness (QED) is 0.464. The van der Waals surface area contributed by atoms with Crippen molar-refractivity contribution in [2.75, 3.05) is 5.75 Å². The van der Waals surface area contributed by atoms with Crippen molar-refractivity contribution in [1.82, 2.24) is 10.3 Å². The van der Waals surface area contributed by atoms with Crippen molar-refractivity contribution in [2.45, 2.75) is 75.2 Å². The molecule has 1 saturated heterocycles. The lowest BCUT2D eigenvalue weighted by molar-refractivity contribution is -0.122. The van der Waals surface area contributed by atoms with E-state index in [0.29, 0.717) is 23.4 Å². The van der Waals surface area contributed by atoms with E-state index in [2.05, 4.69) is 10.3 Å². The third-order valence-electron chi connectivity index (χ3n) is 4.93. The molecule has 1 aliphatic heterocycles. The highest BCUT2D eigenvalue weighted by atomic mass is 35.5. The minimum absolute atomic E-state index is 0.179. The number of pyridine rings is 1. The first-order valence-corrected chi connectivity index (χ1v) is 12.3. The van der Waals surface area contributed by atoms with E-state index in [1.165, 1.54) is 25.0 Å². The third-order valence-corrected chi connectivity index (χ3v) is 8.16. The number of carbonyl (C=O) groups is 1. The van der Waals surface area contributed by atoms with Crippen molar-refractivity contribution in [3.05, 3.63) is 23.4 Å². The fourth-order valence-electron chi connectivity index (χ4n) is 3.45. The monoisotopic (exact) mass is 414 g/mol. The van der Waals surface area contributed by atoms with Gasteiger partial charge < -0.3 is 10.1 Å². The molecule has 144 valence electrons. The van der Waals surface area contributed by atoms with Gasteiger partial charge in [0.25, 0.3) is 0 Å². The normalized spacial score (nSPS) is 25.8. The Morgan fingerprint density at radius 2 is 2.08 bits per heavy atom. The van der Waals surface area contributed by atoms with Crippen LogP contribution in [-0.2, 0) is 4.79 Å². The average Bonchev–Trinajstić information content (AvgIpc) is 3.16.